The number of ether oxygens (including phenoxy) is 2. The maximum absolute atomic E-state index is 6.02. The van der Waals surface area contributed by atoms with Crippen LogP contribution in [0.4, 0.5) is 0 Å². The van der Waals surface area contributed by atoms with Gasteiger partial charge in [-0.3, -0.25) is 0 Å². The Labute approximate surface area is 130 Å². The van der Waals surface area contributed by atoms with E-state index in [4.69, 9.17) is 26.8 Å². The first kappa shape index (κ1) is 15.7. The predicted octanol–water partition coefficient (Wildman–Crippen LogP) is 4.26. The van der Waals surface area contributed by atoms with Crippen molar-refractivity contribution in [3.05, 3.63) is 58.1 Å². The third-order valence-corrected chi connectivity index (χ3v) is 3.52. The lowest BCUT2D eigenvalue weighted by Crippen LogP contribution is -2.08. The van der Waals surface area contributed by atoms with E-state index in [1.807, 2.05) is 38.1 Å². The van der Waals surface area contributed by atoms with Crippen molar-refractivity contribution in [2.75, 3.05) is 7.11 Å². The van der Waals surface area contributed by atoms with E-state index in [9.17, 15) is 0 Å². The largest absolute Gasteiger partial charge is 0.496 e. The number of halogens is 1. The molecule has 3 nitrogen and oxygen atoms in total. The summed E-state index contributed by atoms with van der Waals surface area (Å²) in [6.45, 7) is 4.37. The number of nitrogens with two attached hydrogens (primary N) is 1. The van der Waals surface area contributed by atoms with Crippen LogP contribution in [0, 0.1) is 6.92 Å². The molecule has 0 saturated heterocycles. The van der Waals surface area contributed by atoms with Gasteiger partial charge in [-0.1, -0.05) is 23.2 Å². The number of aryl methyl sites for hydroxylation is 1. The Morgan fingerprint density at radius 2 is 1.86 bits per heavy atom. The molecule has 0 aliphatic rings. The van der Waals surface area contributed by atoms with Crippen LogP contribution < -0.4 is 15.2 Å². The normalized spacial score (nSPS) is 12.0. The molecule has 0 aliphatic heterocycles. The second kappa shape index (κ2) is 6.83. The summed E-state index contributed by atoms with van der Waals surface area (Å²) in [5.74, 6) is 1.56. The minimum atomic E-state index is -0.141. The summed E-state index contributed by atoms with van der Waals surface area (Å²) in [7, 11) is 1.66. The van der Waals surface area contributed by atoms with Gasteiger partial charge in [-0.25, -0.2) is 0 Å². The minimum Gasteiger partial charge on any atom is -0.496 e. The molecular formula is C17H20ClNO2. The third-order valence-electron chi connectivity index (χ3n) is 3.28. The summed E-state index contributed by atoms with van der Waals surface area (Å²) in [6, 6.07) is 11.4. The summed E-state index contributed by atoms with van der Waals surface area (Å²) in [5.41, 5.74) is 9.03. The topological polar surface area (TPSA) is 44.5 Å². The first-order valence-electron chi connectivity index (χ1n) is 6.82. The molecule has 0 spiro atoms. The molecule has 2 N–H and O–H groups in total. The van der Waals surface area contributed by atoms with E-state index in [-0.39, 0.29) is 6.04 Å². The monoisotopic (exact) mass is 305 g/mol. The Kier molecular flexibility index (Phi) is 5.10. The van der Waals surface area contributed by atoms with Gasteiger partial charge in [0, 0.05) is 22.2 Å². The maximum Gasteiger partial charge on any atom is 0.125 e. The van der Waals surface area contributed by atoms with E-state index >= 15 is 0 Å². The Morgan fingerprint density at radius 3 is 2.52 bits per heavy atom. The Bertz CT molecular complexity index is 626. The van der Waals surface area contributed by atoms with E-state index in [0.29, 0.717) is 11.6 Å². The first-order chi connectivity index (χ1) is 10.0. The number of benzene rings is 2. The van der Waals surface area contributed by atoms with Crippen LogP contribution in [0.15, 0.2) is 36.4 Å². The highest BCUT2D eigenvalue weighted by Gasteiger charge is 2.11. The lowest BCUT2D eigenvalue weighted by molar-refractivity contribution is 0.292. The molecule has 1 unspecified atom stereocenters. The molecule has 0 radical (unpaired) electrons. The van der Waals surface area contributed by atoms with Gasteiger partial charge in [-0.05, 0) is 44.2 Å². The van der Waals surface area contributed by atoms with E-state index in [1.54, 1.807) is 13.2 Å². The van der Waals surface area contributed by atoms with Gasteiger partial charge in [0.15, 0.2) is 0 Å². The lowest BCUT2D eigenvalue weighted by Gasteiger charge is -2.16. The van der Waals surface area contributed by atoms with Crippen molar-refractivity contribution < 1.29 is 9.47 Å². The zero-order valence-electron chi connectivity index (χ0n) is 12.5. The molecule has 0 saturated carbocycles. The highest BCUT2D eigenvalue weighted by Crippen LogP contribution is 2.29. The van der Waals surface area contributed by atoms with Gasteiger partial charge in [0.05, 0.1) is 7.11 Å². The van der Waals surface area contributed by atoms with E-state index in [1.165, 1.54) is 0 Å². The third kappa shape index (κ3) is 3.90. The molecule has 4 heteroatoms. The standard InChI is InChI=1S/C17H20ClNO2/c1-11-4-6-16(20-3)13(8-11)10-21-17-7-5-14(18)9-15(17)12(2)19/h4-9,12H,10,19H2,1-3H3. The average molecular weight is 306 g/mol. The molecule has 0 amide bonds. The average Bonchev–Trinajstić information content (AvgIpc) is 2.46. The zero-order chi connectivity index (χ0) is 15.4. The Morgan fingerprint density at radius 1 is 1.14 bits per heavy atom. The van der Waals surface area contributed by atoms with Crippen LogP contribution in [-0.4, -0.2) is 7.11 Å². The minimum absolute atomic E-state index is 0.141. The first-order valence-corrected chi connectivity index (χ1v) is 7.20. The highest BCUT2D eigenvalue weighted by molar-refractivity contribution is 6.30. The van der Waals surface area contributed by atoms with Crippen LogP contribution in [-0.2, 0) is 6.61 Å². The molecule has 112 valence electrons. The number of hydrogen-bond acceptors (Lipinski definition) is 3. The fourth-order valence-corrected chi connectivity index (χ4v) is 2.36. The number of rotatable bonds is 5. The molecule has 1 atom stereocenters. The van der Waals surface area contributed by atoms with Crippen LogP contribution in [0.1, 0.15) is 29.7 Å². The van der Waals surface area contributed by atoms with Gasteiger partial charge in [-0.2, -0.15) is 0 Å². The smallest absolute Gasteiger partial charge is 0.125 e. The van der Waals surface area contributed by atoms with Crippen molar-refractivity contribution in [1.82, 2.24) is 0 Å². The molecule has 2 aromatic rings. The van der Waals surface area contributed by atoms with Crippen LogP contribution >= 0.6 is 11.6 Å². The Hall–Kier alpha value is -1.71. The van der Waals surface area contributed by atoms with Gasteiger partial charge in [0.1, 0.15) is 18.1 Å². The molecule has 0 aromatic heterocycles. The van der Waals surface area contributed by atoms with Crippen molar-refractivity contribution >= 4 is 11.6 Å². The van der Waals surface area contributed by atoms with Gasteiger partial charge in [-0.15, -0.1) is 0 Å². The van der Waals surface area contributed by atoms with Gasteiger partial charge in [0.25, 0.3) is 0 Å². The summed E-state index contributed by atoms with van der Waals surface area (Å²) >= 11 is 6.02. The number of methoxy groups -OCH3 is 1. The fourth-order valence-electron chi connectivity index (χ4n) is 2.18. The van der Waals surface area contributed by atoms with Crippen molar-refractivity contribution in [2.45, 2.75) is 26.5 Å². The van der Waals surface area contributed by atoms with Gasteiger partial charge >= 0.3 is 0 Å². The maximum atomic E-state index is 6.02. The van der Waals surface area contributed by atoms with Crippen LogP contribution in [0.3, 0.4) is 0 Å². The number of hydrogen-bond donors (Lipinski definition) is 1. The fraction of sp³-hybridized carbons (Fsp3) is 0.294. The molecule has 2 rings (SSSR count). The van der Waals surface area contributed by atoms with E-state index in [2.05, 4.69) is 6.07 Å². The van der Waals surface area contributed by atoms with Crippen molar-refractivity contribution in [3.63, 3.8) is 0 Å². The van der Waals surface area contributed by atoms with Crippen LogP contribution in [0.2, 0.25) is 5.02 Å². The Balaban J connectivity index is 2.22. The summed E-state index contributed by atoms with van der Waals surface area (Å²) < 4.78 is 11.3. The molecule has 21 heavy (non-hydrogen) atoms. The van der Waals surface area contributed by atoms with Crippen LogP contribution in [0.25, 0.3) is 0 Å². The molecule has 2 aromatic carbocycles. The second-order valence-corrected chi connectivity index (χ2v) is 5.51. The van der Waals surface area contributed by atoms with Crippen LogP contribution in [0.5, 0.6) is 11.5 Å². The SMILES string of the molecule is COc1ccc(C)cc1COc1ccc(Cl)cc1C(C)N. The molecular weight excluding hydrogens is 286 g/mol. The molecule has 0 aliphatic carbocycles. The van der Waals surface area contributed by atoms with Gasteiger partial charge < -0.3 is 15.2 Å². The summed E-state index contributed by atoms with van der Waals surface area (Å²) in [6.07, 6.45) is 0. The summed E-state index contributed by atoms with van der Waals surface area (Å²) in [5, 5.41) is 0.655. The quantitative estimate of drug-likeness (QED) is 0.898. The molecule has 0 bridgehead atoms. The van der Waals surface area contributed by atoms with Crippen molar-refractivity contribution in [3.8, 4) is 11.5 Å². The van der Waals surface area contributed by atoms with Crippen molar-refractivity contribution in [1.29, 1.82) is 0 Å². The van der Waals surface area contributed by atoms with Crippen molar-refractivity contribution in [2.24, 2.45) is 5.73 Å². The highest BCUT2D eigenvalue weighted by atomic mass is 35.5. The lowest BCUT2D eigenvalue weighted by atomic mass is 10.1. The molecule has 0 fully saturated rings. The molecule has 0 heterocycles. The van der Waals surface area contributed by atoms with E-state index in [0.717, 1.165) is 28.2 Å². The summed E-state index contributed by atoms with van der Waals surface area (Å²) in [4.78, 5) is 0. The second-order valence-electron chi connectivity index (χ2n) is 5.07. The van der Waals surface area contributed by atoms with Gasteiger partial charge in [0.2, 0.25) is 0 Å². The predicted molar refractivity (Wildman–Crippen MR) is 86.1 cm³/mol. The van der Waals surface area contributed by atoms with E-state index < -0.39 is 0 Å². The zero-order valence-corrected chi connectivity index (χ0v) is 13.3.